The molecule has 2 N–H and O–H groups in total. The van der Waals surface area contributed by atoms with Gasteiger partial charge in [0, 0.05) is 24.4 Å². The molecule has 1 fully saturated rings. The molecule has 1 aliphatic rings. The molecule has 1 unspecified atom stereocenters. The zero-order valence-electron chi connectivity index (χ0n) is 10.8. The van der Waals surface area contributed by atoms with Gasteiger partial charge < -0.3 is 10.1 Å². The van der Waals surface area contributed by atoms with E-state index in [1.54, 1.807) is 0 Å². The number of nitro benzene ring substituents is 1. The number of benzene rings is 1. The maximum Gasteiger partial charge on any atom is 0.269 e. The predicted molar refractivity (Wildman–Crippen MR) is 70.8 cm³/mol. The van der Waals surface area contributed by atoms with E-state index in [-0.39, 0.29) is 11.9 Å². The minimum Gasteiger partial charge on any atom is -0.359 e. The first-order valence-electron chi connectivity index (χ1n) is 5.86. The normalized spacial score (nSPS) is 21.2. The van der Waals surface area contributed by atoms with Gasteiger partial charge in [0.2, 0.25) is 6.41 Å². The highest BCUT2D eigenvalue weighted by Crippen LogP contribution is 2.14. The van der Waals surface area contributed by atoms with Crippen molar-refractivity contribution in [3.8, 4) is 0 Å². The lowest BCUT2D eigenvalue weighted by Gasteiger charge is -2.00. The van der Waals surface area contributed by atoms with Gasteiger partial charge in [-0.15, -0.1) is 0 Å². The molecule has 1 aromatic carbocycles. The smallest absolute Gasteiger partial charge is 0.269 e. The minimum atomic E-state index is -0.495. The number of nitrogens with zero attached hydrogens (tertiary/aromatic N) is 1. The van der Waals surface area contributed by atoms with Gasteiger partial charge in [0.15, 0.2) is 0 Å². The van der Waals surface area contributed by atoms with E-state index in [4.69, 9.17) is 4.74 Å². The summed E-state index contributed by atoms with van der Waals surface area (Å²) in [5.41, 5.74) is 0.544. The Kier molecular flexibility index (Phi) is 5.91. The van der Waals surface area contributed by atoms with Crippen molar-refractivity contribution in [2.75, 3.05) is 11.9 Å². The van der Waals surface area contributed by atoms with E-state index in [2.05, 4.69) is 17.6 Å². The lowest BCUT2D eigenvalue weighted by Crippen LogP contribution is -2.17. The highest BCUT2D eigenvalue weighted by molar-refractivity contribution is 5.71. The largest absolute Gasteiger partial charge is 0.359 e. The predicted octanol–water partition coefficient (Wildman–Crippen LogP) is 1.50. The lowest BCUT2D eigenvalue weighted by molar-refractivity contribution is -0.384. The third kappa shape index (κ3) is 5.45. The maximum absolute atomic E-state index is 10.2. The zero-order chi connectivity index (χ0) is 14.3. The third-order valence-electron chi connectivity index (χ3n) is 2.43. The van der Waals surface area contributed by atoms with Gasteiger partial charge in [0.05, 0.1) is 11.0 Å². The quantitative estimate of drug-likeness (QED) is 0.492. The van der Waals surface area contributed by atoms with E-state index in [1.165, 1.54) is 24.3 Å². The van der Waals surface area contributed by atoms with Crippen molar-refractivity contribution < 1.29 is 14.5 Å². The number of carbonyl (C=O) groups is 1. The fraction of sp³-hybridized carbons (Fsp3) is 0.417. The van der Waals surface area contributed by atoms with Gasteiger partial charge >= 0.3 is 0 Å². The molecule has 104 valence electrons. The summed E-state index contributed by atoms with van der Waals surface area (Å²) in [6.45, 7) is 5.08. The van der Waals surface area contributed by atoms with E-state index in [0.717, 1.165) is 6.54 Å². The Labute approximate surface area is 111 Å². The number of non-ortho nitro benzene ring substituents is 1. The summed E-state index contributed by atoms with van der Waals surface area (Å²) in [7, 11) is 0. The second-order valence-corrected chi connectivity index (χ2v) is 4.06. The molecule has 7 heteroatoms. The molecular weight excluding hydrogens is 250 g/mol. The van der Waals surface area contributed by atoms with Crippen LogP contribution in [0.2, 0.25) is 0 Å². The number of nitro groups is 1. The molecule has 1 aliphatic heterocycles. The van der Waals surface area contributed by atoms with Crippen molar-refractivity contribution in [2.45, 2.75) is 26.2 Å². The Morgan fingerprint density at radius 3 is 2.37 bits per heavy atom. The van der Waals surface area contributed by atoms with Crippen LogP contribution in [0.4, 0.5) is 11.4 Å². The molecule has 2 rings (SSSR count). The fourth-order valence-electron chi connectivity index (χ4n) is 1.52. The number of amides is 1. The number of carbonyl (C=O) groups excluding carboxylic acids is 1. The summed E-state index contributed by atoms with van der Waals surface area (Å²) >= 11 is 0. The summed E-state index contributed by atoms with van der Waals surface area (Å²) < 4.78 is 5.25. The fourth-order valence-corrected chi connectivity index (χ4v) is 1.52. The maximum atomic E-state index is 10.2. The number of hydrogen-bond acceptors (Lipinski definition) is 5. The van der Waals surface area contributed by atoms with Gasteiger partial charge in [0.1, 0.15) is 6.23 Å². The Hall–Kier alpha value is -1.99. The van der Waals surface area contributed by atoms with Gasteiger partial charge in [-0.3, -0.25) is 20.2 Å². The van der Waals surface area contributed by atoms with Gasteiger partial charge in [-0.05, 0) is 26.0 Å². The first-order valence-corrected chi connectivity index (χ1v) is 5.86. The highest BCUT2D eigenvalue weighted by atomic mass is 16.6. The number of anilines is 1. The topological polar surface area (TPSA) is 93.5 Å². The van der Waals surface area contributed by atoms with Crippen LogP contribution >= 0.6 is 0 Å². The second-order valence-electron chi connectivity index (χ2n) is 4.06. The summed E-state index contributed by atoms with van der Waals surface area (Å²) in [5.74, 6) is 0. The molecule has 1 aromatic rings. The number of hydrogen-bond donors (Lipinski definition) is 2. The van der Waals surface area contributed by atoms with E-state index in [1.807, 2.05) is 6.92 Å². The van der Waals surface area contributed by atoms with E-state index in [9.17, 15) is 14.9 Å². The van der Waals surface area contributed by atoms with Crippen LogP contribution < -0.4 is 10.6 Å². The molecule has 0 bridgehead atoms. The number of rotatable bonds is 3. The molecule has 0 radical (unpaired) electrons. The van der Waals surface area contributed by atoms with Crippen LogP contribution in [0.3, 0.4) is 0 Å². The summed E-state index contributed by atoms with van der Waals surface area (Å²) in [5, 5.41) is 15.7. The van der Waals surface area contributed by atoms with E-state index < -0.39 is 4.92 Å². The van der Waals surface area contributed by atoms with Crippen molar-refractivity contribution in [3.05, 3.63) is 34.4 Å². The Morgan fingerprint density at radius 1 is 1.42 bits per heavy atom. The molecule has 0 spiro atoms. The first-order chi connectivity index (χ1) is 9.02. The van der Waals surface area contributed by atoms with Crippen LogP contribution in [-0.4, -0.2) is 30.2 Å². The van der Waals surface area contributed by atoms with Crippen LogP contribution in [0, 0.1) is 10.1 Å². The number of ether oxygens (including phenoxy) is 1. The van der Waals surface area contributed by atoms with Crippen molar-refractivity contribution in [3.63, 3.8) is 0 Å². The molecule has 0 aromatic heterocycles. The molecule has 2 atom stereocenters. The van der Waals surface area contributed by atoms with Crippen molar-refractivity contribution >= 4 is 17.8 Å². The molecule has 0 saturated carbocycles. The van der Waals surface area contributed by atoms with Gasteiger partial charge in [0.25, 0.3) is 5.69 Å². The molecule has 1 amide bonds. The van der Waals surface area contributed by atoms with Crippen molar-refractivity contribution in [1.29, 1.82) is 0 Å². The van der Waals surface area contributed by atoms with Gasteiger partial charge in [-0.2, -0.15) is 0 Å². The SMILES string of the molecule is CC1CN[C@H](C)O1.O=CNc1ccc([N+](=O)[O-])cc1. The van der Waals surface area contributed by atoms with E-state index >= 15 is 0 Å². The molecule has 0 aliphatic carbocycles. The standard InChI is InChI=1S/C7H6N2O3.C5H11NO/c10-5-8-6-1-3-7(4-2-6)9(11)12;1-4-3-6-5(2)7-4/h1-5H,(H,8,10);4-6H,3H2,1-2H3/t;4?,5-/m.0/s1. The highest BCUT2D eigenvalue weighted by Gasteiger charge is 2.14. The second kappa shape index (κ2) is 7.45. The van der Waals surface area contributed by atoms with Crippen LogP contribution in [0.25, 0.3) is 0 Å². The molecule has 19 heavy (non-hydrogen) atoms. The monoisotopic (exact) mass is 267 g/mol. The lowest BCUT2D eigenvalue weighted by atomic mass is 10.3. The molecule has 1 saturated heterocycles. The summed E-state index contributed by atoms with van der Waals surface area (Å²) in [6.07, 6.45) is 1.20. The average Bonchev–Trinajstić information content (AvgIpc) is 2.75. The summed E-state index contributed by atoms with van der Waals surface area (Å²) in [6, 6.07) is 5.58. The summed E-state index contributed by atoms with van der Waals surface area (Å²) in [4.78, 5) is 19.6. The Balaban J connectivity index is 0.000000218. The van der Waals surface area contributed by atoms with Crippen molar-refractivity contribution in [2.24, 2.45) is 0 Å². The minimum absolute atomic E-state index is 0.00597. The van der Waals surface area contributed by atoms with Gasteiger partial charge in [-0.25, -0.2) is 0 Å². The Morgan fingerprint density at radius 2 is 2.05 bits per heavy atom. The molecule has 7 nitrogen and oxygen atoms in total. The molecular formula is C12H17N3O4. The Bertz CT molecular complexity index is 413. The average molecular weight is 267 g/mol. The molecule has 1 heterocycles. The van der Waals surface area contributed by atoms with Crippen LogP contribution in [0.15, 0.2) is 24.3 Å². The van der Waals surface area contributed by atoms with Crippen LogP contribution in [0.1, 0.15) is 13.8 Å². The third-order valence-corrected chi connectivity index (χ3v) is 2.43. The van der Waals surface area contributed by atoms with Crippen LogP contribution in [0.5, 0.6) is 0 Å². The first kappa shape index (κ1) is 15.1. The number of nitrogens with one attached hydrogen (secondary N) is 2. The van der Waals surface area contributed by atoms with Crippen LogP contribution in [-0.2, 0) is 9.53 Å². The van der Waals surface area contributed by atoms with Crippen molar-refractivity contribution in [1.82, 2.24) is 5.32 Å². The van der Waals surface area contributed by atoms with E-state index in [0.29, 0.717) is 18.2 Å². The zero-order valence-corrected chi connectivity index (χ0v) is 10.8. The van der Waals surface area contributed by atoms with Gasteiger partial charge in [-0.1, -0.05) is 0 Å².